The number of hydrogen-bond acceptors (Lipinski definition) is 3. The molecular formula is C19H27N3O2. The third-order valence-electron chi connectivity index (χ3n) is 5.49. The molecular weight excluding hydrogens is 302 g/mol. The van der Waals surface area contributed by atoms with E-state index in [1.54, 1.807) is 0 Å². The second-order valence-electron chi connectivity index (χ2n) is 7.41. The van der Waals surface area contributed by atoms with Gasteiger partial charge in [0.25, 0.3) is 5.91 Å². The Morgan fingerprint density at radius 1 is 1.08 bits per heavy atom. The van der Waals surface area contributed by atoms with Crippen LogP contribution in [0, 0.1) is 31.6 Å². The van der Waals surface area contributed by atoms with Crippen LogP contribution in [0.4, 0.5) is 5.69 Å². The highest BCUT2D eigenvalue weighted by Crippen LogP contribution is 2.49. The number of anilines is 1. The molecule has 3 N–H and O–H groups in total. The van der Waals surface area contributed by atoms with Gasteiger partial charge in [-0.25, -0.2) is 0 Å². The Kier molecular flexibility index (Phi) is 5.07. The van der Waals surface area contributed by atoms with Gasteiger partial charge in [0.15, 0.2) is 0 Å². The first kappa shape index (κ1) is 16.8. The predicted molar refractivity (Wildman–Crippen MR) is 94.2 cm³/mol. The number of hydrogen-bond donors (Lipinski definition) is 3. The molecule has 2 bridgehead atoms. The molecule has 2 aliphatic carbocycles. The summed E-state index contributed by atoms with van der Waals surface area (Å²) in [5.41, 5.74) is 8.28. The summed E-state index contributed by atoms with van der Waals surface area (Å²) in [6.45, 7) is 4.18. The van der Waals surface area contributed by atoms with E-state index >= 15 is 0 Å². The van der Waals surface area contributed by atoms with Crippen LogP contribution in [0.1, 0.15) is 43.2 Å². The van der Waals surface area contributed by atoms with Crippen molar-refractivity contribution < 1.29 is 9.59 Å². The number of rotatable bonds is 5. The number of fused-ring (bicyclic) bond motifs is 2. The van der Waals surface area contributed by atoms with E-state index in [2.05, 4.69) is 22.2 Å². The van der Waals surface area contributed by atoms with Crippen LogP contribution in [0.25, 0.3) is 0 Å². The van der Waals surface area contributed by atoms with E-state index in [1.807, 2.05) is 26.0 Å². The van der Waals surface area contributed by atoms with Gasteiger partial charge in [0.1, 0.15) is 0 Å². The molecule has 5 heteroatoms. The second kappa shape index (κ2) is 7.24. The fourth-order valence-electron chi connectivity index (χ4n) is 4.29. The van der Waals surface area contributed by atoms with Crippen LogP contribution in [-0.4, -0.2) is 18.4 Å². The number of amides is 2. The van der Waals surface area contributed by atoms with Crippen molar-refractivity contribution in [1.29, 1.82) is 0 Å². The van der Waals surface area contributed by atoms with Crippen LogP contribution < -0.4 is 16.2 Å². The first-order chi connectivity index (χ1) is 11.5. The molecule has 0 heterocycles. The minimum atomic E-state index is -0.240. The summed E-state index contributed by atoms with van der Waals surface area (Å²) in [5.74, 6) is 1.75. The molecule has 24 heavy (non-hydrogen) atoms. The van der Waals surface area contributed by atoms with Gasteiger partial charge in [-0.15, -0.1) is 0 Å². The molecule has 2 amide bonds. The lowest BCUT2D eigenvalue weighted by molar-refractivity contribution is -0.128. The van der Waals surface area contributed by atoms with Crippen molar-refractivity contribution in [3.05, 3.63) is 29.3 Å². The third kappa shape index (κ3) is 4.08. The number of hydrazine groups is 1. The van der Waals surface area contributed by atoms with Crippen molar-refractivity contribution in [2.24, 2.45) is 17.8 Å². The maximum Gasteiger partial charge on any atom is 0.257 e. The molecule has 0 saturated heterocycles. The topological polar surface area (TPSA) is 70.2 Å². The average Bonchev–Trinajstić information content (AvgIpc) is 3.15. The van der Waals surface area contributed by atoms with Gasteiger partial charge in [-0.1, -0.05) is 24.1 Å². The first-order valence-electron chi connectivity index (χ1n) is 8.90. The Labute approximate surface area is 143 Å². The Balaban J connectivity index is 1.37. The quantitative estimate of drug-likeness (QED) is 0.728. The molecule has 0 spiro atoms. The lowest BCUT2D eigenvalue weighted by atomic mass is 9.86. The molecule has 3 rings (SSSR count). The summed E-state index contributed by atoms with van der Waals surface area (Å²) < 4.78 is 0. The minimum Gasteiger partial charge on any atom is -0.376 e. The highest BCUT2D eigenvalue weighted by molar-refractivity contribution is 5.84. The zero-order chi connectivity index (χ0) is 17.1. The number of carbonyl (C=O) groups excluding carboxylic acids is 2. The fourth-order valence-corrected chi connectivity index (χ4v) is 4.29. The van der Waals surface area contributed by atoms with Crippen LogP contribution in [0.3, 0.4) is 0 Å². The van der Waals surface area contributed by atoms with E-state index in [4.69, 9.17) is 0 Å². The standard InChI is InChI=1S/C19H27N3O2/c1-12-3-6-17(13(2)7-12)20-11-19(24)22-21-18(23)10-16-9-14-4-5-15(16)8-14/h3,6-7,14-16,20H,4-5,8-11H2,1-2H3,(H,21,23)(H,22,24). The molecule has 2 saturated carbocycles. The highest BCUT2D eigenvalue weighted by Gasteiger charge is 2.40. The molecule has 2 fully saturated rings. The Hall–Kier alpha value is -2.04. The molecule has 1 aromatic rings. The van der Waals surface area contributed by atoms with Crippen LogP contribution in [0.5, 0.6) is 0 Å². The van der Waals surface area contributed by atoms with Gasteiger partial charge in [-0.2, -0.15) is 0 Å². The maximum absolute atomic E-state index is 12.0. The maximum atomic E-state index is 12.0. The minimum absolute atomic E-state index is 0.0765. The summed E-state index contributed by atoms with van der Waals surface area (Å²) in [6.07, 6.45) is 5.62. The molecule has 0 aliphatic heterocycles. The van der Waals surface area contributed by atoms with Crippen molar-refractivity contribution in [3.8, 4) is 0 Å². The van der Waals surface area contributed by atoms with Gasteiger partial charge in [0, 0.05) is 12.1 Å². The summed E-state index contributed by atoms with van der Waals surface area (Å²) in [6, 6.07) is 6.04. The second-order valence-corrected chi connectivity index (χ2v) is 7.41. The lowest BCUT2D eigenvalue weighted by Gasteiger charge is -2.21. The summed E-state index contributed by atoms with van der Waals surface area (Å²) in [7, 11) is 0. The van der Waals surface area contributed by atoms with Crippen LogP contribution in [-0.2, 0) is 9.59 Å². The third-order valence-corrected chi connectivity index (χ3v) is 5.49. The van der Waals surface area contributed by atoms with Crippen LogP contribution in [0.15, 0.2) is 18.2 Å². The number of benzene rings is 1. The SMILES string of the molecule is Cc1ccc(NCC(=O)NNC(=O)CC2CC3CCC2C3)c(C)c1. The lowest BCUT2D eigenvalue weighted by Crippen LogP contribution is -2.44. The zero-order valence-corrected chi connectivity index (χ0v) is 14.5. The Morgan fingerprint density at radius 2 is 1.88 bits per heavy atom. The molecule has 130 valence electrons. The van der Waals surface area contributed by atoms with Crippen molar-refractivity contribution >= 4 is 17.5 Å². The monoisotopic (exact) mass is 329 g/mol. The van der Waals surface area contributed by atoms with Gasteiger partial charge in [0.05, 0.1) is 6.54 Å². The highest BCUT2D eigenvalue weighted by atomic mass is 16.2. The van der Waals surface area contributed by atoms with Gasteiger partial charge in [-0.3, -0.25) is 20.4 Å². The van der Waals surface area contributed by atoms with Crippen molar-refractivity contribution in [1.82, 2.24) is 10.9 Å². The van der Waals surface area contributed by atoms with E-state index in [-0.39, 0.29) is 18.4 Å². The largest absolute Gasteiger partial charge is 0.376 e. The number of nitrogens with one attached hydrogen (secondary N) is 3. The number of aryl methyl sites for hydroxylation is 2. The molecule has 1 aromatic carbocycles. The first-order valence-corrected chi connectivity index (χ1v) is 8.90. The Morgan fingerprint density at radius 3 is 2.54 bits per heavy atom. The van der Waals surface area contributed by atoms with Crippen molar-refractivity contribution in [2.45, 2.75) is 46.0 Å². The summed E-state index contributed by atoms with van der Waals surface area (Å²) in [5, 5.41) is 3.10. The van der Waals surface area contributed by atoms with Gasteiger partial charge < -0.3 is 5.32 Å². The molecule has 3 atom stereocenters. The van der Waals surface area contributed by atoms with E-state index in [1.165, 1.54) is 31.2 Å². The predicted octanol–water partition coefficient (Wildman–Crippen LogP) is 2.69. The van der Waals surface area contributed by atoms with Gasteiger partial charge in [0.2, 0.25) is 5.91 Å². The van der Waals surface area contributed by atoms with E-state index in [9.17, 15) is 9.59 Å². The summed E-state index contributed by atoms with van der Waals surface area (Å²) >= 11 is 0. The van der Waals surface area contributed by atoms with Gasteiger partial charge in [-0.05, 0) is 62.5 Å². The Bertz CT molecular complexity index is 629. The van der Waals surface area contributed by atoms with E-state index in [0.717, 1.165) is 23.1 Å². The van der Waals surface area contributed by atoms with Crippen LogP contribution >= 0.6 is 0 Å². The van der Waals surface area contributed by atoms with Gasteiger partial charge >= 0.3 is 0 Å². The van der Waals surface area contributed by atoms with E-state index < -0.39 is 0 Å². The molecule has 2 aliphatic rings. The molecule has 0 aromatic heterocycles. The smallest absolute Gasteiger partial charge is 0.257 e. The average molecular weight is 329 g/mol. The molecule has 0 radical (unpaired) electrons. The fraction of sp³-hybridized carbons (Fsp3) is 0.579. The van der Waals surface area contributed by atoms with E-state index in [0.29, 0.717) is 12.3 Å². The molecule has 5 nitrogen and oxygen atoms in total. The van der Waals surface area contributed by atoms with Crippen LogP contribution in [0.2, 0.25) is 0 Å². The van der Waals surface area contributed by atoms with Crippen molar-refractivity contribution in [2.75, 3.05) is 11.9 Å². The summed E-state index contributed by atoms with van der Waals surface area (Å²) in [4.78, 5) is 23.9. The zero-order valence-electron chi connectivity index (χ0n) is 14.5. The normalized spacial score (nSPS) is 24.7. The number of carbonyl (C=O) groups is 2. The van der Waals surface area contributed by atoms with Crippen molar-refractivity contribution in [3.63, 3.8) is 0 Å². The molecule has 3 unspecified atom stereocenters.